The number of furan rings is 1. The maximum absolute atomic E-state index is 12.6. The molecule has 2 aromatic heterocycles. The lowest BCUT2D eigenvalue weighted by Crippen LogP contribution is -2.52. The van der Waals surface area contributed by atoms with Crippen molar-refractivity contribution in [2.75, 3.05) is 18.4 Å². The van der Waals surface area contributed by atoms with Gasteiger partial charge in [0.1, 0.15) is 5.76 Å². The summed E-state index contributed by atoms with van der Waals surface area (Å²) in [6.07, 6.45) is 5.50. The summed E-state index contributed by atoms with van der Waals surface area (Å²) in [6.45, 7) is 3.96. The number of fused-ring (bicyclic) bond motifs is 4. The Morgan fingerprint density at radius 2 is 2.07 bits per heavy atom. The van der Waals surface area contributed by atoms with Crippen LogP contribution in [-0.2, 0) is 12.1 Å². The van der Waals surface area contributed by atoms with E-state index in [4.69, 9.17) is 4.42 Å². The number of carbonyl (C=O) groups is 1. The number of aromatic nitrogens is 1. The summed E-state index contributed by atoms with van der Waals surface area (Å²) in [7, 11) is 0. The lowest BCUT2D eigenvalue weighted by Gasteiger charge is -2.46. The van der Waals surface area contributed by atoms with Gasteiger partial charge in [0, 0.05) is 25.0 Å². The van der Waals surface area contributed by atoms with Crippen molar-refractivity contribution >= 4 is 11.7 Å². The molecule has 28 heavy (non-hydrogen) atoms. The van der Waals surface area contributed by atoms with Crippen LogP contribution < -0.4 is 10.6 Å². The van der Waals surface area contributed by atoms with Crippen LogP contribution in [-0.4, -0.2) is 28.6 Å². The van der Waals surface area contributed by atoms with Gasteiger partial charge >= 0.3 is 6.03 Å². The molecule has 3 aromatic rings. The molecule has 0 atom stereocenters. The van der Waals surface area contributed by atoms with Crippen LogP contribution in [0, 0.1) is 6.92 Å². The van der Waals surface area contributed by atoms with Crippen molar-refractivity contribution in [3.63, 3.8) is 0 Å². The van der Waals surface area contributed by atoms with E-state index in [-0.39, 0.29) is 11.6 Å². The van der Waals surface area contributed by atoms with E-state index >= 15 is 0 Å². The average Bonchev–Trinajstić information content (AvgIpc) is 3.39. The molecule has 2 aliphatic rings. The number of carbonyl (C=O) groups excluding carboxylic acids is 1. The highest BCUT2D eigenvalue weighted by atomic mass is 16.3. The van der Waals surface area contributed by atoms with E-state index < -0.39 is 0 Å². The molecule has 1 fully saturated rings. The Balaban J connectivity index is 1.32. The lowest BCUT2D eigenvalue weighted by molar-refractivity contribution is 0.162. The zero-order chi connectivity index (χ0) is 19.1. The van der Waals surface area contributed by atoms with E-state index in [9.17, 15) is 4.79 Å². The molecule has 144 valence electrons. The first-order valence-electron chi connectivity index (χ1n) is 9.77. The van der Waals surface area contributed by atoms with Gasteiger partial charge in [-0.05, 0) is 61.7 Å². The molecule has 2 aliphatic heterocycles. The Morgan fingerprint density at radius 3 is 2.86 bits per heavy atom. The predicted octanol–water partition coefficient (Wildman–Crippen LogP) is 4.01. The van der Waals surface area contributed by atoms with Gasteiger partial charge < -0.3 is 24.5 Å². The maximum Gasteiger partial charge on any atom is 0.317 e. The van der Waals surface area contributed by atoms with Crippen LogP contribution in [0.2, 0.25) is 0 Å². The number of aryl methyl sites for hydroxylation is 1. The number of piperidine rings is 1. The molecule has 2 amide bonds. The van der Waals surface area contributed by atoms with E-state index in [0.29, 0.717) is 19.6 Å². The van der Waals surface area contributed by atoms with Crippen molar-refractivity contribution in [1.29, 1.82) is 0 Å². The minimum absolute atomic E-state index is 0.0336. The molecule has 1 aromatic carbocycles. The molecule has 6 nitrogen and oxygen atoms in total. The fourth-order valence-corrected chi connectivity index (χ4v) is 4.42. The van der Waals surface area contributed by atoms with E-state index in [0.717, 1.165) is 18.6 Å². The second kappa shape index (κ2) is 6.48. The van der Waals surface area contributed by atoms with Crippen LogP contribution in [0.4, 0.5) is 10.5 Å². The second-order valence-corrected chi connectivity index (χ2v) is 7.72. The fraction of sp³-hybridized carbons (Fsp3) is 0.318. The van der Waals surface area contributed by atoms with Gasteiger partial charge in [0.2, 0.25) is 0 Å². The number of rotatable bonds is 2. The van der Waals surface area contributed by atoms with Gasteiger partial charge in [-0.3, -0.25) is 0 Å². The summed E-state index contributed by atoms with van der Waals surface area (Å²) in [5, 5.41) is 6.77. The molecule has 0 radical (unpaired) electrons. The van der Waals surface area contributed by atoms with Gasteiger partial charge in [-0.2, -0.15) is 0 Å². The number of hydrogen-bond acceptors (Lipinski definition) is 3. The van der Waals surface area contributed by atoms with Gasteiger partial charge in [-0.1, -0.05) is 6.07 Å². The summed E-state index contributed by atoms with van der Waals surface area (Å²) >= 11 is 0. The summed E-state index contributed by atoms with van der Waals surface area (Å²) in [4.78, 5) is 14.4. The van der Waals surface area contributed by atoms with Crippen molar-refractivity contribution in [3.8, 4) is 5.69 Å². The van der Waals surface area contributed by atoms with Crippen molar-refractivity contribution < 1.29 is 9.21 Å². The summed E-state index contributed by atoms with van der Waals surface area (Å²) in [5.41, 5.74) is 4.74. The smallest absolute Gasteiger partial charge is 0.317 e. The first-order valence-corrected chi connectivity index (χ1v) is 9.77. The topological polar surface area (TPSA) is 62.4 Å². The molecule has 0 unspecified atom stereocenters. The number of urea groups is 1. The van der Waals surface area contributed by atoms with E-state index in [1.165, 1.54) is 22.6 Å². The molecular weight excluding hydrogens is 352 g/mol. The number of anilines is 1. The molecule has 2 N–H and O–H groups in total. The molecule has 0 saturated carbocycles. The first kappa shape index (κ1) is 17.0. The monoisotopic (exact) mass is 376 g/mol. The third kappa shape index (κ3) is 2.76. The Kier molecular flexibility index (Phi) is 3.93. The molecule has 1 saturated heterocycles. The number of likely N-dealkylation sites (tertiary alicyclic amines) is 1. The van der Waals surface area contributed by atoms with Crippen molar-refractivity contribution in [2.45, 2.75) is 31.8 Å². The number of benzene rings is 1. The minimum atomic E-state index is -0.137. The number of nitrogens with zero attached hydrogens (tertiary/aromatic N) is 2. The Hall–Kier alpha value is -3.15. The molecule has 4 heterocycles. The summed E-state index contributed by atoms with van der Waals surface area (Å²) in [6, 6.07) is 14.5. The van der Waals surface area contributed by atoms with Crippen LogP contribution in [0.15, 0.2) is 59.3 Å². The highest BCUT2D eigenvalue weighted by molar-refractivity contribution is 5.74. The standard InChI is InChI=1S/C22H24N4O2/c1-16-6-7-19-18(14-16)24-22(20-5-2-10-26(19)20)8-11-25(12-9-22)21(27)23-15-17-4-3-13-28-17/h2-7,10,13-14,24H,8-9,11-12,15H2,1H3,(H,23,27). The number of nitrogens with one attached hydrogen (secondary N) is 2. The minimum Gasteiger partial charge on any atom is -0.467 e. The number of hydrogen-bond donors (Lipinski definition) is 2. The maximum atomic E-state index is 12.6. The second-order valence-electron chi connectivity index (χ2n) is 7.72. The highest BCUT2D eigenvalue weighted by Gasteiger charge is 2.42. The number of amides is 2. The molecule has 1 spiro atoms. The first-order chi connectivity index (χ1) is 13.6. The summed E-state index contributed by atoms with van der Waals surface area (Å²) < 4.78 is 7.58. The van der Waals surface area contributed by atoms with Crippen molar-refractivity contribution in [2.24, 2.45) is 0 Å². The van der Waals surface area contributed by atoms with Gasteiger partial charge in [-0.25, -0.2) is 4.79 Å². The van der Waals surface area contributed by atoms with Crippen LogP contribution in [0.25, 0.3) is 5.69 Å². The molecule has 5 rings (SSSR count). The average molecular weight is 376 g/mol. The largest absolute Gasteiger partial charge is 0.467 e. The predicted molar refractivity (Wildman–Crippen MR) is 108 cm³/mol. The van der Waals surface area contributed by atoms with Gasteiger partial charge in [0.05, 0.1) is 29.7 Å². The third-order valence-corrected chi connectivity index (χ3v) is 5.92. The van der Waals surface area contributed by atoms with E-state index in [1.807, 2.05) is 17.0 Å². The molecule has 6 heteroatoms. The third-order valence-electron chi connectivity index (χ3n) is 5.92. The molecular formula is C22H24N4O2. The van der Waals surface area contributed by atoms with E-state index in [1.54, 1.807) is 6.26 Å². The SMILES string of the molecule is Cc1ccc2c(c1)NC1(CCN(C(=O)NCc3ccco3)CC1)c1cccn1-2. The highest BCUT2D eigenvalue weighted by Crippen LogP contribution is 2.43. The molecule has 0 aliphatic carbocycles. The van der Waals surface area contributed by atoms with Gasteiger partial charge in [0.15, 0.2) is 0 Å². The van der Waals surface area contributed by atoms with Gasteiger partial charge in [-0.15, -0.1) is 0 Å². The Morgan fingerprint density at radius 1 is 1.21 bits per heavy atom. The zero-order valence-corrected chi connectivity index (χ0v) is 15.9. The van der Waals surface area contributed by atoms with Crippen LogP contribution in [0.5, 0.6) is 0 Å². The normalized spacial score (nSPS) is 17.0. The van der Waals surface area contributed by atoms with Crippen LogP contribution in [0.3, 0.4) is 0 Å². The zero-order valence-electron chi connectivity index (χ0n) is 15.9. The Bertz CT molecular complexity index is 997. The molecule has 0 bridgehead atoms. The van der Waals surface area contributed by atoms with Gasteiger partial charge in [0.25, 0.3) is 0 Å². The van der Waals surface area contributed by atoms with Crippen molar-refractivity contribution in [3.05, 3.63) is 71.9 Å². The Labute approximate surface area is 164 Å². The van der Waals surface area contributed by atoms with Crippen molar-refractivity contribution in [1.82, 2.24) is 14.8 Å². The quantitative estimate of drug-likeness (QED) is 0.710. The van der Waals surface area contributed by atoms with Crippen LogP contribution in [0.1, 0.15) is 29.9 Å². The van der Waals surface area contributed by atoms with E-state index in [2.05, 4.69) is 58.7 Å². The lowest BCUT2D eigenvalue weighted by atomic mass is 9.82. The summed E-state index contributed by atoms with van der Waals surface area (Å²) in [5.74, 6) is 0.764. The van der Waals surface area contributed by atoms with Crippen LogP contribution >= 0.6 is 0 Å². The fourth-order valence-electron chi connectivity index (χ4n) is 4.42.